The predicted molar refractivity (Wildman–Crippen MR) is 63.6 cm³/mol. The first-order chi connectivity index (χ1) is 6.95. The average molecular weight is 207 g/mol. The van der Waals surface area contributed by atoms with Crippen molar-refractivity contribution in [2.75, 3.05) is 6.54 Å². The van der Waals surface area contributed by atoms with E-state index in [0.29, 0.717) is 6.04 Å². The van der Waals surface area contributed by atoms with Gasteiger partial charge in [-0.3, -0.25) is 0 Å². The molecule has 1 fully saturated rings. The zero-order chi connectivity index (χ0) is 9.64. The van der Waals surface area contributed by atoms with Crippen LogP contribution in [-0.2, 0) is 0 Å². The summed E-state index contributed by atoms with van der Waals surface area (Å²) in [6.45, 7) is 1.18. The highest BCUT2D eigenvalue weighted by Gasteiger charge is 2.07. The fourth-order valence-electron chi connectivity index (χ4n) is 1.82. The number of rotatable bonds is 2. The average Bonchev–Trinajstić information content (AvgIpc) is 2.58. The summed E-state index contributed by atoms with van der Waals surface area (Å²) in [7, 11) is 0. The summed E-state index contributed by atoms with van der Waals surface area (Å²) in [5.74, 6) is 0. The Morgan fingerprint density at radius 3 is 3.21 bits per heavy atom. The van der Waals surface area contributed by atoms with Gasteiger partial charge in [0.1, 0.15) is 0 Å². The molecule has 1 saturated heterocycles. The first-order valence-electron chi connectivity index (χ1n) is 5.40. The van der Waals surface area contributed by atoms with Crippen LogP contribution in [-0.4, -0.2) is 12.6 Å². The molecule has 1 N–H and O–H groups in total. The fourth-order valence-corrected chi connectivity index (χ4v) is 2.45. The Morgan fingerprint density at radius 2 is 2.36 bits per heavy atom. The third-order valence-corrected chi connectivity index (χ3v) is 3.47. The first kappa shape index (κ1) is 9.94. The number of nitrogens with one attached hydrogen (secondary N) is 1. The van der Waals surface area contributed by atoms with Crippen molar-refractivity contribution in [3.05, 3.63) is 28.5 Å². The Bertz CT molecular complexity index is 269. The van der Waals surface area contributed by atoms with Crippen molar-refractivity contribution in [2.24, 2.45) is 0 Å². The highest BCUT2D eigenvalue weighted by molar-refractivity contribution is 7.10. The van der Waals surface area contributed by atoms with Crippen molar-refractivity contribution in [3.63, 3.8) is 0 Å². The van der Waals surface area contributed by atoms with Gasteiger partial charge in [-0.1, -0.05) is 25.0 Å². The molecule has 0 radical (unpaired) electrons. The maximum atomic E-state index is 3.56. The first-order valence-corrected chi connectivity index (χ1v) is 6.28. The molecule has 1 aromatic rings. The Labute approximate surface area is 89.8 Å². The van der Waals surface area contributed by atoms with E-state index in [2.05, 4.69) is 35.0 Å². The van der Waals surface area contributed by atoms with Crippen molar-refractivity contribution < 1.29 is 0 Å². The molecule has 2 rings (SSSR count). The lowest BCUT2D eigenvalue weighted by Gasteiger charge is -2.09. The van der Waals surface area contributed by atoms with Gasteiger partial charge < -0.3 is 5.32 Å². The topological polar surface area (TPSA) is 12.0 Å². The van der Waals surface area contributed by atoms with Gasteiger partial charge in [0.2, 0.25) is 0 Å². The van der Waals surface area contributed by atoms with Crippen LogP contribution in [0.3, 0.4) is 0 Å². The third-order valence-electron chi connectivity index (χ3n) is 2.63. The molecule has 1 aliphatic rings. The lowest BCUT2D eigenvalue weighted by Crippen LogP contribution is -2.25. The summed E-state index contributed by atoms with van der Waals surface area (Å²) >= 11 is 1.80. The van der Waals surface area contributed by atoms with Crippen LogP contribution in [0, 0.1) is 0 Å². The van der Waals surface area contributed by atoms with E-state index >= 15 is 0 Å². The molecule has 0 spiro atoms. The van der Waals surface area contributed by atoms with E-state index < -0.39 is 0 Å². The molecule has 1 atom stereocenters. The zero-order valence-electron chi connectivity index (χ0n) is 8.41. The Kier molecular flexibility index (Phi) is 3.78. The van der Waals surface area contributed by atoms with Gasteiger partial charge in [-0.05, 0) is 36.9 Å². The second kappa shape index (κ2) is 5.32. The molecule has 2 heteroatoms. The minimum absolute atomic E-state index is 0.597. The van der Waals surface area contributed by atoms with Crippen LogP contribution >= 0.6 is 11.3 Å². The lowest BCUT2D eigenvalue weighted by atomic mass is 10.1. The second-order valence-corrected chi connectivity index (χ2v) is 4.76. The van der Waals surface area contributed by atoms with Gasteiger partial charge in [-0.2, -0.15) is 0 Å². The molecule has 0 aliphatic carbocycles. The summed E-state index contributed by atoms with van der Waals surface area (Å²) in [6.07, 6.45) is 9.94. The summed E-state index contributed by atoms with van der Waals surface area (Å²) < 4.78 is 0. The van der Waals surface area contributed by atoms with Crippen molar-refractivity contribution in [2.45, 2.75) is 31.7 Å². The fraction of sp³-hybridized carbons (Fsp3) is 0.500. The minimum atomic E-state index is 0.597. The molecule has 1 unspecified atom stereocenters. The molecule has 1 nitrogen and oxygen atoms in total. The van der Waals surface area contributed by atoms with E-state index in [4.69, 9.17) is 0 Å². The van der Waals surface area contributed by atoms with Crippen LogP contribution in [0.4, 0.5) is 0 Å². The summed E-state index contributed by atoms with van der Waals surface area (Å²) in [6, 6.07) is 4.86. The van der Waals surface area contributed by atoms with Gasteiger partial charge in [0.05, 0.1) is 0 Å². The molecule has 2 heterocycles. The van der Waals surface area contributed by atoms with E-state index in [1.54, 1.807) is 11.3 Å². The third kappa shape index (κ3) is 2.96. The van der Waals surface area contributed by atoms with E-state index in [0.717, 1.165) is 0 Å². The normalized spacial score (nSPS) is 23.9. The smallest absolute Gasteiger partial charge is 0.0267 e. The van der Waals surface area contributed by atoms with Gasteiger partial charge in [-0.25, -0.2) is 0 Å². The van der Waals surface area contributed by atoms with Gasteiger partial charge in [0, 0.05) is 10.9 Å². The summed E-state index contributed by atoms with van der Waals surface area (Å²) in [5.41, 5.74) is 0. The van der Waals surface area contributed by atoms with Crippen LogP contribution in [0.15, 0.2) is 23.6 Å². The summed E-state index contributed by atoms with van der Waals surface area (Å²) in [5, 5.41) is 5.69. The summed E-state index contributed by atoms with van der Waals surface area (Å²) in [4.78, 5) is 1.36. The molecular formula is C12H17NS. The maximum absolute atomic E-state index is 3.56. The van der Waals surface area contributed by atoms with Crippen molar-refractivity contribution in [1.29, 1.82) is 0 Å². The van der Waals surface area contributed by atoms with E-state index in [1.165, 1.54) is 37.1 Å². The molecule has 14 heavy (non-hydrogen) atoms. The minimum Gasteiger partial charge on any atom is -0.311 e. The molecule has 1 aliphatic heterocycles. The molecule has 0 saturated carbocycles. The van der Waals surface area contributed by atoms with Gasteiger partial charge in [-0.15, -0.1) is 11.3 Å². The number of hydrogen-bond acceptors (Lipinski definition) is 2. The number of thiophene rings is 1. The Balaban J connectivity index is 1.89. The molecule has 0 bridgehead atoms. The van der Waals surface area contributed by atoms with Crippen molar-refractivity contribution in [1.82, 2.24) is 5.32 Å². The van der Waals surface area contributed by atoms with Gasteiger partial charge in [0.25, 0.3) is 0 Å². The largest absolute Gasteiger partial charge is 0.311 e. The van der Waals surface area contributed by atoms with Crippen LogP contribution in [0.1, 0.15) is 30.6 Å². The highest BCUT2D eigenvalue weighted by atomic mass is 32.1. The van der Waals surface area contributed by atoms with Crippen LogP contribution < -0.4 is 5.32 Å². The van der Waals surface area contributed by atoms with Gasteiger partial charge in [0.15, 0.2) is 0 Å². The Hall–Kier alpha value is -0.600. The molecule has 0 amide bonds. The standard InChI is InChI=1S/C12H17NS/c1-2-5-11(13-9-3-1)7-8-12-6-4-10-14-12/h4,6-8,10-11,13H,1-3,5,9H2/b8-7+. The quantitative estimate of drug-likeness (QED) is 0.784. The van der Waals surface area contributed by atoms with Crippen LogP contribution in [0.2, 0.25) is 0 Å². The number of hydrogen-bond donors (Lipinski definition) is 1. The van der Waals surface area contributed by atoms with Crippen LogP contribution in [0.5, 0.6) is 0 Å². The van der Waals surface area contributed by atoms with Crippen LogP contribution in [0.25, 0.3) is 6.08 Å². The van der Waals surface area contributed by atoms with Crippen molar-refractivity contribution >= 4 is 17.4 Å². The molecule has 76 valence electrons. The van der Waals surface area contributed by atoms with Crippen molar-refractivity contribution in [3.8, 4) is 0 Å². The SMILES string of the molecule is C(=C\C1CCCCCN1)/c1cccs1. The molecular weight excluding hydrogens is 190 g/mol. The lowest BCUT2D eigenvalue weighted by molar-refractivity contribution is 0.599. The molecule has 0 aromatic carbocycles. The van der Waals surface area contributed by atoms with E-state index in [-0.39, 0.29) is 0 Å². The monoisotopic (exact) mass is 207 g/mol. The highest BCUT2D eigenvalue weighted by Crippen LogP contribution is 2.14. The van der Waals surface area contributed by atoms with Gasteiger partial charge >= 0.3 is 0 Å². The van der Waals surface area contributed by atoms with E-state index in [9.17, 15) is 0 Å². The maximum Gasteiger partial charge on any atom is 0.0267 e. The second-order valence-electron chi connectivity index (χ2n) is 3.78. The zero-order valence-corrected chi connectivity index (χ0v) is 9.22. The Morgan fingerprint density at radius 1 is 1.36 bits per heavy atom. The molecule has 1 aromatic heterocycles. The predicted octanol–water partition coefficient (Wildman–Crippen LogP) is 3.29. The van der Waals surface area contributed by atoms with E-state index in [1.807, 2.05) is 0 Å².